The molecule has 1 amide bonds. The van der Waals surface area contributed by atoms with Gasteiger partial charge in [-0.15, -0.1) is 0 Å². The molecule has 11 nitrogen and oxygen atoms in total. The second kappa shape index (κ2) is 58.9. The molecule has 478 valence electrons. The van der Waals surface area contributed by atoms with Crippen LogP contribution in [0.3, 0.4) is 0 Å². The van der Waals surface area contributed by atoms with E-state index in [0.717, 1.165) is 116 Å². The molecule has 0 radical (unpaired) electrons. The van der Waals surface area contributed by atoms with Crippen LogP contribution in [-0.2, 0) is 23.8 Å². The Morgan fingerprint density at radius 1 is 0.470 bits per heavy atom. The van der Waals surface area contributed by atoms with Gasteiger partial charge in [-0.1, -0.05) is 266 Å². The molecule has 0 saturated carbocycles. The monoisotopic (exact) mass is 1160 g/mol. The van der Waals surface area contributed by atoms with E-state index in [-0.39, 0.29) is 19.4 Å². The Hall–Kier alpha value is -3.42. The number of carbonyl (C=O) groups excluding carboxylic acids is 2. The van der Waals surface area contributed by atoms with Crippen molar-refractivity contribution in [2.45, 2.75) is 333 Å². The summed E-state index contributed by atoms with van der Waals surface area (Å²) in [4.78, 5) is 26.6. The summed E-state index contributed by atoms with van der Waals surface area (Å²) in [7, 11) is 0. The van der Waals surface area contributed by atoms with Crippen molar-refractivity contribution >= 4 is 11.9 Å². The molecule has 6 N–H and O–H groups in total. The standard InChI is InChI=1S/C72H125NO10/c1-4-7-10-13-16-19-22-24-26-28-30-31-32-33-34-36-37-39-41-44-47-50-53-56-59-65(76)71(80)73-63(64(75)58-55-52-49-46-43-21-18-15-12-9-6-3)62-81-72-70(69(79)68(78)66(61-74)82-72)83-67(77)60-57-54-51-48-45-42-40-38-35-29-27-25-23-20-17-14-11-8-5-2/h16-17,19-20,24-27,30-31,33-35,38,55,58,63-66,68-70,72,74-76,78-79H,4-15,18,21-23,28-29,32,36-37,39-54,56-57,59-62H2,1-3H3,(H,73,80)/b19-16-,20-17-,26-24-,27-25-,31-30-,34-33-,38-35-,58-55+. The fourth-order valence-electron chi connectivity index (χ4n) is 10.1. The molecule has 8 atom stereocenters. The van der Waals surface area contributed by atoms with E-state index in [9.17, 15) is 35.1 Å². The van der Waals surface area contributed by atoms with Gasteiger partial charge in [0.15, 0.2) is 12.4 Å². The molecule has 1 heterocycles. The third kappa shape index (κ3) is 46.5. The average molecular weight is 1160 g/mol. The van der Waals surface area contributed by atoms with Crippen LogP contribution in [0.5, 0.6) is 0 Å². The van der Waals surface area contributed by atoms with Crippen molar-refractivity contribution in [3.8, 4) is 0 Å². The highest BCUT2D eigenvalue weighted by Gasteiger charge is 2.47. The van der Waals surface area contributed by atoms with Crippen LogP contribution in [0, 0.1) is 0 Å². The van der Waals surface area contributed by atoms with Gasteiger partial charge in [0, 0.05) is 6.42 Å². The Labute approximate surface area is 507 Å². The Morgan fingerprint density at radius 3 is 1.27 bits per heavy atom. The molecular weight excluding hydrogens is 1040 g/mol. The number of ether oxygens (including phenoxy) is 3. The quantitative estimate of drug-likeness (QED) is 0.0195. The van der Waals surface area contributed by atoms with E-state index in [2.05, 4.69) is 111 Å². The van der Waals surface area contributed by atoms with Gasteiger partial charge in [0.05, 0.1) is 25.4 Å². The zero-order valence-corrected chi connectivity index (χ0v) is 53.0. The van der Waals surface area contributed by atoms with E-state index in [4.69, 9.17) is 14.2 Å². The average Bonchev–Trinajstić information content (AvgIpc) is 3.52. The van der Waals surface area contributed by atoms with Crippen molar-refractivity contribution in [3.05, 3.63) is 97.2 Å². The van der Waals surface area contributed by atoms with E-state index in [1.807, 2.05) is 6.08 Å². The van der Waals surface area contributed by atoms with Crippen LogP contribution in [0.4, 0.5) is 0 Å². The van der Waals surface area contributed by atoms with Gasteiger partial charge in [0.2, 0.25) is 5.91 Å². The number of unbranched alkanes of at least 4 members (excludes halogenated alkanes) is 29. The number of rotatable bonds is 57. The highest BCUT2D eigenvalue weighted by Crippen LogP contribution is 2.26. The first-order valence-electron chi connectivity index (χ1n) is 34.0. The lowest BCUT2D eigenvalue weighted by atomic mass is 9.99. The molecule has 83 heavy (non-hydrogen) atoms. The van der Waals surface area contributed by atoms with E-state index in [0.29, 0.717) is 12.8 Å². The van der Waals surface area contributed by atoms with Crippen molar-refractivity contribution in [2.24, 2.45) is 0 Å². The summed E-state index contributed by atoms with van der Waals surface area (Å²) in [6.45, 7) is 5.73. The van der Waals surface area contributed by atoms with E-state index < -0.39 is 67.4 Å². The van der Waals surface area contributed by atoms with Gasteiger partial charge < -0.3 is 45.1 Å². The number of hydrogen-bond acceptors (Lipinski definition) is 10. The molecule has 1 saturated heterocycles. The van der Waals surface area contributed by atoms with Crippen molar-refractivity contribution < 1.29 is 49.3 Å². The maximum absolute atomic E-state index is 13.5. The van der Waals surface area contributed by atoms with Crippen LogP contribution in [0.2, 0.25) is 0 Å². The molecule has 0 spiro atoms. The summed E-state index contributed by atoms with van der Waals surface area (Å²) >= 11 is 0. The van der Waals surface area contributed by atoms with E-state index in [1.54, 1.807) is 6.08 Å². The SMILES string of the molecule is CCCCC/C=C\C/C=C\C/C=C\C/C=C\CCCCCCCCCCC(O)C(=O)NC(COC1OC(CO)C(O)C(O)C1OC(=O)CCCCCCCC/C=C\C/C=C\C/C=C\CCCCC)C(O)/C=C/CCCCCCCCCCC. The summed E-state index contributed by atoms with van der Waals surface area (Å²) in [5.74, 6) is -1.22. The molecule has 11 heteroatoms. The second-order valence-corrected chi connectivity index (χ2v) is 23.2. The lowest BCUT2D eigenvalue weighted by Crippen LogP contribution is -2.61. The van der Waals surface area contributed by atoms with Crippen LogP contribution in [-0.4, -0.2) is 99.6 Å². The van der Waals surface area contributed by atoms with E-state index in [1.165, 1.54) is 122 Å². The van der Waals surface area contributed by atoms with Gasteiger partial charge in [-0.25, -0.2) is 0 Å². The molecule has 1 aliphatic rings. The first kappa shape index (κ1) is 77.6. The number of aliphatic hydroxyl groups excluding tert-OH is 5. The van der Waals surface area contributed by atoms with Gasteiger partial charge in [0.25, 0.3) is 0 Å². The summed E-state index contributed by atoms with van der Waals surface area (Å²) in [5.41, 5.74) is 0. The van der Waals surface area contributed by atoms with Crippen LogP contribution in [0.1, 0.15) is 284 Å². The summed E-state index contributed by atoms with van der Waals surface area (Å²) in [5, 5.41) is 57.1. The van der Waals surface area contributed by atoms with Crippen molar-refractivity contribution in [3.63, 3.8) is 0 Å². The minimum absolute atomic E-state index is 0.104. The first-order valence-corrected chi connectivity index (χ1v) is 34.0. The Morgan fingerprint density at radius 2 is 0.831 bits per heavy atom. The van der Waals surface area contributed by atoms with Gasteiger partial charge in [-0.3, -0.25) is 9.59 Å². The smallest absolute Gasteiger partial charge is 0.306 e. The van der Waals surface area contributed by atoms with Gasteiger partial charge in [-0.05, 0) is 109 Å². The summed E-state index contributed by atoms with van der Waals surface area (Å²) < 4.78 is 17.6. The molecule has 0 aromatic heterocycles. The third-order valence-electron chi connectivity index (χ3n) is 15.5. The van der Waals surface area contributed by atoms with Crippen molar-refractivity contribution in [2.75, 3.05) is 13.2 Å². The topological polar surface area (TPSA) is 175 Å². The van der Waals surface area contributed by atoms with Crippen LogP contribution in [0.25, 0.3) is 0 Å². The normalized spacial score (nSPS) is 19.2. The van der Waals surface area contributed by atoms with Crippen LogP contribution >= 0.6 is 0 Å². The molecule has 1 aliphatic heterocycles. The Bertz CT molecular complexity index is 1720. The van der Waals surface area contributed by atoms with E-state index >= 15 is 0 Å². The molecule has 8 unspecified atom stereocenters. The highest BCUT2D eigenvalue weighted by atomic mass is 16.7. The third-order valence-corrected chi connectivity index (χ3v) is 15.5. The summed E-state index contributed by atoms with van der Waals surface area (Å²) in [6, 6.07) is -1.04. The van der Waals surface area contributed by atoms with Crippen molar-refractivity contribution in [1.82, 2.24) is 5.32 Å². The molecule has 1 fully saturated rings. The Balaban J connectivity index is 2.61. The number of carbonyl (C=O) groups is 2. The molecule has 0 aromatic rings. The first-order chi connectivity index (χ1) is 40.7. The summed E-state index contributed by atoms with van der Waals surface area (Å²) in [6.07, 6.45) is 68.6. The lowest BCUT2D eigenvalue weighted by molar-refractivity contribution is -0.305. The predicted molar refractivity (Wildman–Crippen MR) is 347 cm³/mol. The predicted octanol–water partition coefficient (Wildman–Crippen LogP) is 17.1. The van der Waals surface area contributed by atoms with Gasteiger partial charge >= 0.3 is 5.97 Å². The Kier molecular flexibility index (Phi) is 55.1. The molecule has 0 aliphatic carbocycles. The lowest BCUT2D eigenvalue weighted by Gasteiger charge is -2.41. The van der Waals surface area contributed by atoms with Gasteiger partial charge in [-0.2, -0.15) is 0 Å². The second-order valence-electron chi connectivity index (χ2n) is 23.2. The van der Waals surface area contributed by atoms with Crippen LogP contribution in [0.15, 0.2) is 97.2 Å². The highest BCUT2D eigenvalue weighted by molar-refractivity contribution is 5.80. The molecule has 1 rings (SSSR count). The fourth-order valence-corrected chi connectivity index (χ4v) is 10.1. The number of nitrogens with one attached hydrogen (secondary N) is 1. The molecular formula is C72H125NO10. The zero-order chi connectivity index (χ0) is 60.3. The molecule has 0 bridgehead atoms. The van der Waals surface area contributed by atoms with Gasteiger partial charge in [0.1, 0.15) is 24.4 Å². The van der Waals surface area contributed by atoms with Crippen molar-refractivity contribution in [1.29, 1.82) is 0 Å². The number of esters is 1. The maximum atomic E-state index is 13.5. The number of allylic oxidation sites excluding steroid dienone is 15. The largest absolute Gasteiger partial charge is 0.454 e. The number of amides is 1. The number of aliphatic hydroxyl groups is 5. The zero-order valence-electron chi connectivity index (χ0n) is 53.0. The van der Waals surface area contributed by atoms with Crippen LogP contribution < -0.4 is 5.32 Å². The molecule has 0 aromatic carbocycles. The number of hydrogen-bond donors (Lipinski definition) is 6. The fraction of sp³-hybridized carbons (Fsp3) is 0.750. The minimum Gasteiger partial charge on any atom is -0.454 e. The maximum Gasteiger partial charge on any atom is 0.306 e. The minimum atomic E-state index is -1.63.